The normalized spacial score (nSPS) is 12.5. The van der Waals surface area contributed by atoms with Gasteiger partial charge >= 0.3 is 6.18 Å². The van der Waals surface area contributed by atoms with Crippen molar-refractivity contribution in [2.24, 2.45) is 0 Å². The number of rotatable bonds is 15. The Kier molecular flexibility index (Phi) is 12.3. The summed E-state index contributed by atoms with van der Waals surface area (Å²) in [7, 11) is 0. The van der Waals surface area contributed by atoms with Gasteiger partial charge in [-0.3, -0.25) is 14.5 Å². The van der Waals surface area contributed by atoms with E-state index in [1.54, 1.807) is 22.9 Å². The van der Waals surface area contributed by atoms with Crippen LogP contribution in [0.1, 0.15) is 49.2 Å². The van der Waals surface area contributed by atoms with Crippen molar-refractivity contribution in [3.05, 3.63) is 117 Å². The van der Waals surface area contributed by atoms with Gasteiger partial charge in [-0.05, 0) is 66.0 Å². The lowest BCUT2D eigenvalue weighted by Gasteiger charge is -2.33. The molecule has 4 aromatic rings. The molecule has 1 heterocycles. The van der Waals surface area contributed by atoms with Crippen molar-refractivity contribution >= 4 is 18.0 Å². The fraction of sp³-hybridized carbons (Fsp3) is 0.343. The lowest BCUT2D eigenvalue weighted by molar-refractivity contribution is -0.137. The Labute approximate surface area is 271 Å². The molecule has 0 saturated heterocycles. The standard InChI is InChI=1S/C35H38F4N4O2S/c1-4-27-22-43(34(40-33(27)45)46-24-26-9-17-31(36)18-10-26)32(23-44)42(20-19-41(5-2)6-3)21-25-7-11-28(12-8-25)29-13-15-30(16-14-29)35(37,38)39/h7-18,22-23,32H,4-6,19-21,24H2,1-3H3. The fourth-order valence-electron chi connectivity index (χ4n) is 5.09. The van der Waals surface area contributed by atoms with Gasteiger partial charge in [0.1, 0.15) is 12.0 Å². The maximum Gasteiger partial charge on any atom is 0.416 e. The second-order valence-corrected chi connectivity index (χ2v) is 11.8. The highest BCUT2D eigenvalue weighted by atomic mass is 32.2. The van der Waals surface area contributed by atoms with Crippen molar-refractivity contribution in [1.82, 2.24) is 19.4 Å². The number of thioether (sulfide) groups is 1. The zero-order chi connectivity index (χ0) is 33.3. The first-order valence-corrected chi connectivity index (χ1v) is 16.2. The van der Waals surface area contributed by atoms with E-state index in [9.17, 15) is 27.2 Å². The Morgan fingerprint density at radius 3 is 2.00 bits per heavy atom. The summed E-state index contributed by atoms with van der Waals surface area (Å²) in [5.74, 6) is 0.0857. The van der Waals surface area contributed by atoms with Crippen LogP contribution in [-0.2, 0) is 29.7 Å². The second-order valence-electron chi connectivity index (χ2n) is 10.8. The molecule has 0 aliphatic rings. The van der Waals surface area contributed by atoms with Crippen LogP contribution in [-0.4, -0.2) is 51.8 Å². The van der Waals surface area contributed by atoms with Crippen LogP contribution in [0.5, 0.6) is 0 Å². The molecule has 1 unspecified atom stereocenters. The minimum absolute atomic E-state index is 0.340. The average Bonchev–Trinajstić information content (AvgIpc) is 3.05. The minimum atomic E-state index is -4.40. The number of aryl methyl sites for hydroxylation is 1. The van der Waals surface area contributed by atoms with Crippen LogP contribution in [0.3, 0.4) is 0 Å². The van der Waals surface area contributed by atoms with Gasteiger partial charge in [-0.1, -0.05) is 81.1 Å². The van der Waals surface area contributed by atoms with Crippen LogP contribution in [0.25, 0.3) is 11.1 Å². The van der Waals surface area contributed by atoms with Crippen LogP contribution in [0, 0.1) is 5.82 Å². The Hall–Kier alpha value is -3.80. The number of carbonyl (C=O) groups is 1. The van der Waals surface area contributed by atoms with E-state index >= 15 is 0 Å². The molecule has 0 spiro atoms. The number of nitrogens with zero attached hydrogens (tertiary/aromatic N) is 4. The van der Waals surface area contributed by atoms with Crippen molar-refractivity contribution < 1.29 is 22.4 Å². The SMILES string of the molecule is CCc1cn(C(C=O)N(CCN(CC)CC)Cc2ccc(-c3ccc(C(F)(F)F)cc3)cc2)c(SCc2ccc(F)cc2)nc1=O. The monoisotopic (exact) mass is 654 g/mol. The molecular formula is C35H38F4N4O2S. The Morgan fingerprint density at radius 1 is 0.870 bits per heavy atom. The summed E-state index contributed by atoms with van der Waals surface area (Å²) in [5, 5.41) is 0.383. The molecule has 11 heteroatoms. The van der Waals surface area contributed by atoms with Gasteiger partial charge in [-0.15, -0.1) is 0 Å². The summed E-state index contributed by atoms with van der Waals surface area (Å²) >= 11 is 1.31. The Balaban J connectivity index is 1.65. The van der Waals surface area contributed by atoms with E-state index in [1.807, 2.05) is 36.1 Å². The number of likely N-dealkylation sites (N-methyl/N-ethyl adjacent to an activating group) is 1. The van der Waals surface area contributed by atoms with Crippen molar-refractivity contribution in [1.29, 1.82) is 0 Å². The molecule has 0 amide bonds. The number of halogens is 4. The van der Waals surface area contributed by atoms with Gasteiger partial charge in [0.05, 0.1) is 5.56 Å². The maximum absolute atomic E-state index is 13.5. The van der Waals surface area contributed by atoms with Crippen LogP contribution in [0.15, 0.2) is 88.9 Å². The molecule has 1 atom stereocenters. The molecular weight excluding hydrogens is 616 g/mol. The van der Waals surface area contributed by atoms with Gasteiger partial charge in [-0.2, -0.15) is 18.2 Å². The molecule has 0 aliphatic carbocycles. The van der Waals surface area contributed by atoms with Gasteiger partial charge < -0.3 is 9.47 Å². The Bertz CT molecular complexity index is 1620. The van der Waals surface area contributed by atoms with Gasteiger partial charge in [-0.25, -0.2) is 4.39 Å². The average molecular weight is 655 g/mol. The molecule has 0 bridgehead atoms. The van der Waals surface area contributed by atoms with E-state index in [-0.39, 0.29) is 11.4 Å². The molecule has 244 valence electrons. The first-order valence-electron chi connectivity index (χ1n) is 15.2. The minimum Gasteiger partial charge on any atom is -0.304 e. The first-order chi connectivity index (χ1) is 22.1. The summed E-state index contributed by atoms with van der Waals surface area (Å²) in [6.45, 7) is 9.35. The number of aldehydes is 1. The molecule has 6 nitrogen and oxygen atoms in total. The van der Waals surface area contributed by atoms with E-state index in [1.165, 1.54) is 36.0 Å². The van der Waals surface area contributed by atoms with Gasteiger partial charge in [0, 0.05) is 37.1 Å². The predicted octanol–water partition coefficient (Wildman–Crippen LogP) is 7.46. The molecule has 46 heavy (non-hydrogen) atoms. The van der Waals surface area contributed by atoms with Crippen molar-refractivity contribution in [3.8, 4) is 11.1 Å². The maximum atomic E-state index is 13.5. The van der Waals surface area contributed by atoms with Crippen molar-refractivity contribution in [2.75, 3.05) is 26.2 Å². The summed E-state index contributed by atoms with van der Waals surface area (Å²) in [6.07, 6.45) is -2.17. The van der Waals surface area contributed by atoms with E-state index in [2.05, 4.69) is 23.7 Å². The van der Waals surface area contributed by atoms with E-state index in [0.29, 0.717) is 48.1 Å². The van der Waals surface area contributed by atoms with E-state index in [4.69, 9.17) is 0 Å². The van der Waals surface area contributed by atoms with Crippen molar-refractivity contribution in [2.45, 2.75) is 57.0 Å². The molecule has 0 fully saturated rings. The van der Waals surface area contributed by atoms with E-state index < -0.39 is 17.9 Å². The van der Waals surface area contributed by atoms with Crippen LogP contribution in [0.4, 0.5) is 17.6 Å². The number of carbonyl (C=O) groups excluding carboxylic acids is 1. The zero-order valence-corrected chi connectivity index (χ0v) is 27.0. The third-order valence-corrected chi connectivity index (χ3v) is 8.95. The van der Waals surface area contributed by atoms with Gasteiger partial charge in [0.25, 0.3) is 5.56 Å². The number of aromatic nitrogens is 2. The third kappa shape index (κ3) is 9.14. The quantitative estimate of drug-likeness (QED) is 0.0574. The first kappa shape index (κ1) is 35.1. The Morgan fingerprint density at radius 2 is 1.46 bits per heavy atom. The number of benzene rings is 3. The van der Waals surface area contributed by atoms with Crippen LogP contribution >= 0.6 is 11.8 Å². The van der Waals surface area contributed by atoms with Crippen LogP contribution < -0.4 is 5.56 Å². The molecule has 0 radical (unpaired) electrons. The summed E-state index contributed by atoms with van der Waals surface area (Å²) in [6, 6.07) is 18.7. The number of alkyl halides is 3. The topological polar surface area (TPSA) is 58.4 Å². The zero-order valence-electron chi connectivity index (χ0n) is 26.1. The number of hydrogen-bond acceptors (Lipinski definition) is 6. The predicted molar refractivity (Wildman–Crippen MR) is 174 cm³/mol. The van der Waals surface area contributed by atoms with E-state index in [0.717, 1.165) is 48.2 Å². The summed E-state index contributed by atoms with van der Waals surface area (Å²) in [4.78, 5) is 34.4. The second kappa shape index (κ2) is 16.2. The fourth-order valence-corrected chi connectivity index (χ4v) is 6.04. The van der Waals surface area contributed by atoms with Gasteiger partial charge in [0.2, 0.25) is 0 Å². The molecule has 0 saturated carbocycles. The smallest absolute Gasteiger partial charge is 0.304 e. The number of hydrogen-bond donors (Lipinski definition) is 0. The van der Waals surface area contributed by atoms with Crippen LogP contribution in [0.2, 0.25) is 0 Å². The largest absolute Gasteiger partial charge is 0.416 e. The summed E-state index contributed by atoms with van der Waals surface area (Å²) < 4.78 is 54.3. The van der Waals surface area contributed by atoms with Gasteiger partial charge in [0.15, 0.2) is 11.4 Å². The highest BCUT2D eigenvalue weighted by Crippen LogP contribution is 2.31. The molecule has 4 rings (SSSR count). The molecule has 3 aromatic carbocycles. The molecule has 1 aromatic heterocycles. The summed E-state index contributed by atoms with van der Waals surface area (Å²) in [5.41, 5.74) is 2.64. The third-order valence-electron chi connectivity index (χ3n) is 7.91. The molecule has 0 N–H and O–H groups in total. The highest BCUT2D eigenvalue weighted by Gasteiger charge is 2.30. The highest BCUT2D eigenvalue weighted by molar-refractivity contribution is 7.98. The van der Waals surface area contributed by atoms with Crippen molar-refractivity contribution in [3.63, 3.8) is 0 Å². The molecule has 0 aliphatic heterocycles. The lowest BCUT2D eigenvalue weighted by Crippen LogP contribution is -2.40. The lowest BCUT2D eigenvalue weighted by atomic mass is 10.0.